The maximum Gasteiger partial charge on any atom is 0.357 e. The topological polar surface area (TPSA) is 103 Å². The monoisotopic (exact) mass is 362 g/mol. The number of carbonyl (C=O) groups is 2. The first-order valence-corrected chi connectivity index (χ1v) is 8.85. The van der Waals surface area contributed by atoms with E-state index in [4.69, 9.17) is 4.74 Å². The van der Waals surface area contributed by atoms with E-state index in [0.29, 0.717) is 24.4 Å². The summed E-state index contributed by atoms with van der Waals surface area (Å²) in [6, 6.07) is 1.55. The number of carbonyl (C=O) groups excluding carboxylic acids is 2. The van der Waals surface area contributed by atoms with Crippen LogP contribution in [0.5, 0.6) is 0 Å². The third-order valence-corrected chi connectivity index (χ3v) is 4.80. The van der Waals surface area contributed by atoms with Gasteiger partial charge in [0.1, 0.15) is 0 Å². The van der Waals surface area contributed by atoms with Crippen LogP contribution in [0, 0.1) is 5.92 Å². The largest absolute Gasteiger partial charge is 0.461 e. The Labute approximate surface area is 147 Å². The number of nitrogens with zero attached hydrogens (tertiary/aromatic N) is 3. The van der Waals surface area contributed by atoms with E-state index in [-0.39, 0.29) is 29.7 Å². The van der Waals surface area contributed by atoms with Gasteiger partial charge in [-0.2, -0.15) is 5.10 Å². The molecule has 0 bridgehead atoms. The molecule has 1 aliphatic carbocycles. The number of amides is 1. The molecule has 0 spiro atoms. The van der Waals surface area contributed by atoms with Gasteiger partial charge in [0.15, 0.2) is 10.8 Å². The van der Waals surface area contributed by atoms with Crippen molar-refractivity contribution in [3.8, 4) is 0 Å². The highest BCUT2D eigenvalue weighted by molar-refractivity contribution is 7.14. The Kier molecular flexibility index (Phi) is 4.93. The van der Waals surface area contributed by atoms with E-state index in [9.17, 15) is 14.4 Å². The van der Waals surface area contributed by atoms with Gasteiger partial charge in [-0.25, -0.2) is 14.5 Å². The van der Waals surface area contributed by atoms with Crippen LogP contribution < -0.4 is 10.9 Å². The van der Waals surface area contributed by atoms with Crippen LogP contribution in [0.4, 0.5) is 5.13 Å². The summed E-state index contributed by atoms with van der Waals surface area (Å²) in [5.41, 5.74) is 1.69. The Hall–Kier alpha value is -2.55. The molecule has 8 nitrogen and oxygen atoms in total. The number of aryl methyl sites for hydroxylation is 2. The Morgan fingerprint density at radius 1 is 1.48 bits per heavy atom. The highest BCUT2D eigenvalue weighted by Gasteiger charge is 2.27. The van der Waals surface area contributed by atoms with Crippen LogP contribution in [0.15, 0.2) is 16.2 Å². The highest BCUT2D eigenvalue weighted by atomic mass is 32.1. The molecule has 0 saturated carbocycles. The van der Waals surface area contributed by atoms with Gasteiger partial charge in [0.2, 0.25) is 5.91 Å². The number of thiazole rings is 1. The predicted octanol–water partition coefficient (Wildman–Crippen LogP) is 1.16. The molecule has 2 aromatic heterocycles. The lowest BCUT2D eigenvalue weighted by atomic mass is 9.86. The summed E-state index contributed by atoms with van der Waals surface area (Å²) in [6.45, 7) is 1.99. The summed E-state index contributed by atoms with van der Waals surface area (Å²) in [7, 11) is 1.62. The second kappa shape index (κ2) is 7.14. The number of ether oxygens (including phenoxy) is 1. The standard InChI is InChI=1S/C16H18N4O4S/c1-3-24-15(23)12-8-25-16(17-12)18-14(22)9-4-5-11-10(6-9)7-13(21)20(2)19-11/h7-9H,3-6H2,1-2H3,(H,17,18,22). The quantitative estimate of drug-likeness (QED) is 0.819. The van der Waals surface area contributed by atoms with Crippen molar-refractivity contribution in [2.75, 3.05) is 11.9 Å². The zero-order chi connectivity index (χ0) is 18.0. The van der Waals surface area contributed by atoms with Gasteiger partial charge in [0.25, 0.3) is 5.56 Å². The number of esters is 1. The van der Waals surface area contributed by atoms with E-state index < -0.39 is 5.97 Å². The van der Waals surface area contributed by atoms with Gasteiger partial charge in [-0.05, 0) is 31.7 Å². The molecular formula is C16H18N4O4S. The minimum Gasteiger partial charge on any atom is -0.461 e. The summed E-state index contributed by atoms with van der Waals surface area (Å²) < 4.78 is 6.19. The molecule has 0 saturated heterocycles. The Morgan fingerprint density at radius 2 is 2.28 bits per heavy atom. The predicted molar refractivity (Wildman–Crippen MR) is 91.7 cm³/mol. The van der Waals surface area contributed by atoms with Gasteiger partial charge in [0, 0.05) is 24.4 Å². The van der Waals surface area contributed by atoms with Gasteiger partial charge in [-0.15, -0.1) is 11.3 Å². The summed E-state index contributed by atoms with van der Waals surface area (Å²) in [5, 5.41) is 8.90. The number of hydrogen-bond donors (Lipinski definition) is 1. The van der Waals surface area contributed by atoms with Gasteiger partial charge in [-0.1, -0.05) is 0 Å². The zero-order valence-corrected chi connectivity index (χ0v) is 14.8. The molecule has 1 aliphatic rings. The van der Waals surface area contributed by atoms with Gasteiger partial charge >= 0.3 is 5.97 Å². The molecule has 25 heavy (non-hydrogen) atoms. The maximum atomic E-state index is 12.5. The second-order valence-electron chi connectivity index (χ2n) is 5.77. The fraction of sp³-hybridized carbons (Fsp3) is 0.438. The Bertz CT molecular complexity index is 873. The van der Waals surface area contributed by atoms with E-state index >= 15 is 0 Å². The fourth-order valence-electron chi connectivity index (χ4n) is 2.75. The first-order chi connectivity index (χ1) is 12.0. The van der Waals surface area contributed by atoms with Crippen LogP contribution in [-0.2, 0) is 29.4 Å². The molecule has 2 heterocycles. The van der Waals surface area contributed by atoms with Crippen molar-refractivity contribution < 1.29 is 14.3 Å². The third kappa shape index (κ3) is 3.76. The summed E-state index contributed by atoms with van der Waals surface area (Å²) in [5.74, 6) is -0.930. The van der Waals surface area contributed by atoms with Gasteiger partial charge in [-0.3, -0.25) is 9.59 Å². The summed E-state index contributed by atoms with van der Waals surface area (Å²) in [6.07, 6.45) is 1.77. The minimum atomic E-state index is -0.507. The lowest BCUT2D eigenvalue weighted by molar-refractivity contribution is -0.120. The Balaban J connectivity index is 1.67. The highest BCUT2D eigenvalue weighted by Crippen LogP contribution is 2.25. The van der Waals surface area contributed by atoms with Gasteiger partial charge in [0.05, 0.1) is 12.3 Å². The average Bonchev–Trinajstić information content (AvgIpc) is 3.04. The third-order valence-electron chi connectivity index (χ3n) is 4.04. The van der Waals surface area contributed by atoms with Crippen molar-refractivity contribution in [2.45, 2.75) is 26.2 Å². The lowest BCUT2D eigenvalue weighted by Gasteiger charge is -2.22. The number of rotatable bonds is 4. The fourth-order valence-corrected chi connectivity index (χ4v) is 3.43. The SMILES string of the molecule is CCOC(=O)c1csc(NC(=O)C2CCc3nn(C)c(=O)cc3C2)n1. The lowest BCUT2D eigenvalue weighted by Crippen LogP contribution is -2.31. The molecule has 0 aromatic carbocycles. The number of hydrogen-bond acceptors (Lipinski definition) is 7. The molecule has 0 aliphatic heterocycles. The molecule has 0 radical (unpaired) electrons. The molecule has 1 unspecified atom stereocenters. The first kappa shape index (κ1) is 17.3. The van der Waals surface area contributed by atoms with Crippen molar-refractivity contribution in [2.24, 2.45) is 13.0 Å². The molecule has 3 rings (SSSR count). The Morgan fingerprint density at radius 3 is 3.04 bits per heavy atom. The van der Waals surface area contributed by atoms with E-state index in [1.807, 2.05) is 0 Å². The normalized spacial score (nSPS) is 16.2. The molecule has 9 heteroatoms. The van der Waals surface area contributed by atoms with Crippen molar-refractivity contribution in [3.05, 3.63) is 38.8 Å². The van der Waals surface area contributed by atoms with E-state index in [0.717, 1.165) is 11.3 Å². The first-order valence-electron chi connectivity index (χ1n) is 7.97. The molecule has 0 fully saturated rings. The van der Waals surface area contributed by atoms with Gasteiger partial charge < -0.3 is 10.1 Å². The average molecular weight is 362 g/mol. The smallest absolute Gasteiger partial charge is 0.357 e. The van der Waals surface area contributed by atoms with E-state index in [1.165, 1.54) is 16.0 Å². The van der Waals surface area contributed by atoms with Crippen molar-refractivity contribution in [3.63, 3.8) is 0 Å². The van der Waals surface area contributed by atoms with E-state index in [2.05, 4.69) is 15.4 Å². The second-order valence-corrected chi connectivity index (χ2v) is 6.62. The van der Waals surface area contributed by atoms with Crippen LogP contribution in [-0.4, -0.2) is 33.2 Å². The summed E-state index contributed by atoms with van der Waals surface area (Å²) >= 11 is 1.18. The van der Waals surface area contributed by atoms with Crippen molar-refractivity contribution in [1.82, 2.24) is 14.8 Å². The molecule has 1 N–H and O–H groups in total. The van der Waals surface area contributed by atoms with Crippen LogP contribution >= 0.6 is 11.3 Å². The molecule has 2 aromatic rings. The molecular weight excluding hydrogens is 344 g/mol. The van der Waals surface area contributed by atoms with Crippen molar-refractivity contribution in [1.29, 1.82) is 0 Å². The van der Waals surface area contributed by atoms with Crippen LogP contribution in [0.2, 0.25) is 0 Å². The number of nitrogens with one attached hydrogen (secondary N) is 1. The molecule has 1 amide bonds. The zero-order valence-electron chi connectivity index (χ0n) is 13.9. The van der Waals surface area contributed by atoms with Crippen LogP contribution in [0.3, 0.4) is 0 Å². The van der Waals surface area contributed by atoms with Crippen molar-refractivity contribution >= 4 is 28.3 Å². The number of fused-ring (bicyclic) bond motifs is 1. The van der Waals surface area contributed by atoms with E-state index in [1.54, 1.807) is 25.4 Å². The van der Waals surface area contributed by atoms with Crippen LogP contribution in [0.1, 0.15) is 35.1 Å². The minimum absolute atomic E-state index is 0.170. The molecule has 1 atom stereocenters. The summed E-state index contributed by atoms with van der Waals surface area (Å²) in [4.78, 5) is 39.9. The maximum absolute atomic E-state index is 12.5. The van der Waals surface area contributed by atoms with Crippen LogP contribution in [0.25, 0.3) is 0 Å². The number of anilines is 1. The molecule has 132 valence electrons. The number of aromatic nitrogens is 3.